The topological polar surface area (TPSA) is 31.4 Å². The van der Waals surface area contributed by atoms with Crippen molar-refractivity contribution in [3.63, 3.8) is 0 Å². The fraction of sp³-hybridized carbons (Fsp3) is 0.688. The molecule has 0 amide bonds. The molecule has 0 aromatic carbocycles. The van der Waals surface area contributed by atoms with Gasteiger partial charge in [-0.15, -0.1) is 0 Å². The monoisotopic (exact) mass is 276 g/mol. The maximum atomic E-state index is 4.45. The summed E-state index contributed by atoms with van der Waals surface area (Å²) in [5.74, 6) is 0. The van der Waals surface area contributed by atoms with E-state index in [0.717, 1.165) is 25.2 Å². The second-order valence-corrected chi connectivity index (χ2v) is 5.83. The van der Waals surface area contributed by atoms with E-state index in [-0.39, 0.29) is 0 Å². The molecule has 1 aromatic rings. The molecule has 4 nitrogen and oxygen atoms in total. The highest BCUT2D eigenvalue weighted by atomic mass is 15.2. The van der Waals surface area contributed by atoms with Gasteiger partial charge in [0.15, 0.2) is 0 Å². The molecule has 2 rings (SSSR count). The van der Waals surface area contributed by atoms with Gasteiger partial charge in [-0.3, -0.25) is 4.98 Å². The molecule has 0 unspecified atom stereocenters. The zero-order chi connectivity index (χ0) is 14.4. The van der Waals surface area contributed by atoms with E-state index in [1.807, 2.05) is 6.20 Å². The third-order valence-electron chi connectivity index (χ3n) is 4.18. The number of hydrogen-bond acceptors (Lipinski definition) is 4. The van der Waals surface area contributed by atoms with Crippen LogP contribution in [0, 0.1) is 0 Å². The number of nitrogens with zero attached hydrogens (tertiary/aromatic N) is 3. The number of nitrogens with one attached hydrogen (secondary N) is 1. The first kappa shape index (κ1) is 15.3. The lowest BCUT2D eigenvalue weighted by Crippen LogP contribution is -2.42. The van der Waals surface area contributed by atoms with Gasteiger partial charge in [0.25, 0.3) is 0 Å². The van der Waals surface area contributed by atoms with Crippen molar-refractivity contribution in [1.29, 1.82) is 0 Å². The Kier molecular flexibility index (Phi) is 5.80. The average Bonchev–Trinajstić information content (AvgIpc) is 2.48. The summed E-state index contributed by atoms with van der Waals surface area (Å²) in [5, 5.41) is 3.42. The van der Waals surface area contributed by atoms with Crippen molar-refractivity contribution in [2.75, 3.05) is 38.6 Å². The highest BCUT2D eigenvalue weighted by Gasteiger charge is 2.20. The molecule has 20 heavy (non-hydrogen) atoms. The van der Waals surface area contributed by atoms with Crippen molar-refractivity contribution >= 4 is 5.69 Å². The minimum atomic E-state index is 0.657. The summed E-state index contributed by atoms with van der Waals surface area (Å²) in [6.07, 6.45) is 5.59. The van der Waals surface area contributed by atoms with Gasteiger partial charge in [-0.1, -0.05) is 6.92 Å². The number of anilines is 1. The third kappa shape index (κ3) is 4.18. The van der Waals surface area contributed by atoms with Crippen LogP contribution >= 0.6 is 0 Å². The molecule has 0 aliphatic carbocycles. The van der Waals surface area contributed by atoms with Gasteiger partial charge in [0.05, 0.1) is 5.69 Å². The van der Waals surface area contributed by atoms with Crippen molar-refractivity contribution in [3.8, 4) is 0 Å². The Morgan fingerprint density at radius 1 is 1.40 bits per heavy atom. The Hall–Kier alpha value is -1.13. The molecular weight excluding hydrogens is 248 g/mol. The van der Waals surface area contributed by atoms with Gasteiger partial charge in [-0.05, 0) is 58.1 Å². The lowest BCUT2D eigenvalue weighted by atomic mass is 10.0. The predicted octanol–water partition coefficient (Wildman–Crippen LogP) is 2.11. The maximum absolute atomic E-state index is 4.45. The number of aromatic nitrogens is 1. The van der Waals surface area contributed by atoms with Crippen LogP contribution in [-0.2, 0) is 6.54 Å². The summed E-state index contributed by atoms with van der Waals surface area (Å²) in [5.41, 5.74) is 2.43. The Balaban J connectivity index is 1.95. The summed E-state index contributed by atoms with van der Waals surface area (Å²) in [6, 6.07) is 5.01. The van der Waals surface area contributed by atoms with E-state index >= 15 is 0 Å². The van der Waals surface area contributed by atoms with E-state index in [9.17, 15) is 0 Å². The zero-order valence-corrected chi connectivity index (χ0v) is 13.1. The van der Waals surface area contributed by atoms with E-state index in [4.69, 9.17) is 0 Å². The molecule has 1 saturated heterocycles. The Morgan fingerprint density at radius 3 is 2.85 bits per heavy atom. The van der Waals surface area contributed by atoms with Crippen LogP contribution in [0.1, 0.15) is 31.9 Å². The van der Waals surface area contributed by atoms with Gasteiger partial charge >= 0.3 is 0 Å². The van der Waals surface area contributed by atoms with Crippen LogP contribution in [0.5, 0.6) is 0 Å². The van der Waals surface area contributed by atoms with Gasteiger partial charge in [-0.25, -0.2) is 0 Å². The van der Waals surface area contributed by atoms with Crippen molar-refractivity contribution in [1.82, 2.24) is 15.2 Å². The van der Waals surface area contributed by atoms with Gasteiger partial charge in [0, 0.05) is 31.5 Å². The molecular formula is C16H28N4. The van der Waals surface area contributed by atoms with Crippen LogP contribution in [-0.4, -0.2) is 49.7 Å². The highest BCUT2D eigenvalue weighted by molar-refractivity contribution is 5.46. The molecule has 2 heterocycles. The molecule has 0 radical (unpaired) electrons. The minimum Gasteiger partial charge on any atom is -0.371 e. The number of rotatable bonds is 6. The van der Waals surface area contributed by atoms with Crippen LogP contribution < -0.4 is 10.2 Å². The smallest absolute Gasteiger partial charge is 0.0562 e. The van der Waals surface area contributed by atoms with E-state index < -0.39 is 0 Å². The van der Waals surface area contributed by atoms with E-state index in [1.165, 1.54) is 31.6 Å². The van der Waals surface area contributed by atoms with E-state index in [1.54, 1.807) is 0 Å². The van der Waals surface area contributed by atoms with Crippen LogP contribution in [0.3, 0.4) is 0 Å². The van der Waals surface area contributed by atoms with Crippen LogP contribution in [0.25, 0.3) is 0 Å². The Labute approximate surface area is 123 Å². The molecule has 1 aliphatic rings. The van der Waals surface area contributed by atoms with Gasteiger partial charge < -0.3 is 15.1 Å². The number of likely N-dealkylation sites (tertiary alicyclic amines) is 1. The third-order valence-corrected chi connectivity index (χ3v) is 4.18. The second kappa shape index (κ2) is 7.60. The van der Waals surface area contributed by atoms with Crippen LogP contribution in [0.15, 0.2) is 18.3 Å². The average molecular weight is 276 g/mol. The largest absolute Gasteiger partial charge is 0.371 e. The quantitative estimate of drug-likeness (QED) is 0.806. The summed E-state index contributed by atoms with van der Waals surface area (Å²) in [7, 11) is 4.43. The fourth-order valence-electron chi connectivity index (χ4n) is 2.77. The SMILES string of the molecule is CCCNCc1cc(N(C)C2CCN(C)CC2)ccn1. The zero-order valence-electron chi connectivity index (χ0n) is 13.1. The lowest BCUT2D eigenvalue weighted by Gasteiger charge is -2.36. The van der Waals surface area contributed by atoms with Gasteiger partial charge in [-0.2, -0.15) is 0 Å². The van der Waals surface area contributed by atoms with Crippen molar-refractivity contribution in [2.45, 2.75) is 38.8 Å². The van der Waals surface area contributed by atoms with E-state index in [2.05, 4.69) is 53.3 Å². The molecule has 0 atom stereocenters. The first-order chi connectivity index (χ1) is 9.70. The van der Waals surface area contributed by atoms with Gasteiger partial charge in [0.1, 0.15) is 0 Å². The first-order valence-electron chi connectivity index (χ1n) is 7.77. The van der Waals surface area contributed by atoms with Crippen molar-refractivity contribution < 1.29 is 0 Å². The summed E-state index contributed by atoms with van der Waals surface area (Å²) >= 11 is 0. The molecule has 1 N–H and O–H groups in total. The summed E-state index contributed by atoms with van der Waals surface area (Å²) in [4.78, 5) is 9.30. The molecule has 0 bridgehead atoms. The van der Waals surface area contributed by atoms with Crippen LogP contribution in [0.4, 0.5) is 5.69 Å². The minimum absolute atomic E-state index is 0.657. The number of pyridine rings is 1. The van der Waals surface area contributed by atoms with Crippen LogP contribution in [0.2, 0.25) is 0 Å². The van der Waals surface area contributed by atoms with E-state index in [0.29, 0.717) is 6.04 Å². The van der Waals surface area contributed by atoms with Gasteiger partial charge in [0.2, 0.25) is 0 Å². The van der Waals surface area contributed by atoms with Crippen molar-refractivity contribution in [3.05, 3.63) is 24.0 Å². The molecule has 0 spiro atoms. The highest BCUT2D eigenvalue weighted by Crippen LogP contribution is 2.21. The molecule has 1 aromatic heterocycles. The molecule has 4 heteroatoms. The van der Waals surface area contributed by atoms with Crippen molar-refractivity contribution in [2.24, 2.45) is 0 Å². The number of piperidine rings is 1. The molecule has 112 valence electrons. The maximum Gasteiger partial charge on any atom is 0.0562 e. The number of hydrogen-bond donors (Lipinski definition) is 1. The Bertz CT molecular complexity index is 399. The normalized spacial score (nSPS) is 17.4. The Morgan fingerprint density at radius 2 is 2.15 bits per heavy atom. The molecule has 1 aliphatic heterocycles. The summed E-state index contributed by atoms with van der Waals surface area (Å²) < 4.78 is 0. The molecule has 0 saturated carbocycles. The fourth-order valence-corrected chi connectivity index (χ4v) is 2.77. The second-order valence-electron chi connectivity index (χ2n) is 5.83. The summed E-state index contributed by atoms with van der Waals surface area (Å²) in [6.45, 7) is 6.50. The first-order valence-corrected chi connectivity index (χ1v) is 7.77. The molecule has 1 fully saturated rings. The standard InChI is InChI=1S/C16H28N4/c1-4-8-17-13-14-12-16(5-9-18-14)20(3)15-6-10-19(2)11-7-15/h5,9,12,15,17H,4,6-8,10-11,13H2,1-3H3. The lowest BCUT2D eigenvalue weighted by molar-refractivity contribution is 0.253. The predicted molar refractivity (Wildman–Crippen MR) is 85.2 cm³/mol.